The van der Waals surface area contributed by atoms with Crippen molar-refractivity contribution < 1.29 is 9.53 Å². The Hall–Kier alpha value is -2.74. The number of ether oxygens (including phenoxy) is 1. The molecule has 0 spiro atoms. The van der Waals surface area contributed by atoms with E-state index in [1.165, 1.54) is 7.05 Å². The molecule has 1 aliphatic rings. The number of nitrogens with one attached hydrogen (secondary N) is 1. The molecule has 1 atom stereocenters. The van der Waals surface area contributed by atoms with Crippen molar-refractivity contribution in [3.05, 3.63) is 56.4 Å². The summed E-state index contributed by atoms with van der Waals surface area (Å²) < 4.78 is 7.38. The van der Waals surface area contributed by atoms with Crippen LogP contribution in [0, 0.1) is 6.92 Å². The van der Waals surface area contributed by atoms with Crippen molar-refractivity contribution in [3.63, 3.8) is 0 Å². The van der Waals surface area contributed by atoms with Gasteiger partial charge in [0.15, 0.2) is 0 Å². The highest BCUT2D eigenvalue weighted by Gasteiger charge is 2.21. The molecule has 25 heavy (non-hydrogen) atoms. The Bertz CT molecular complexity index is 892. The van der Waals surface area contributed by atoms with Gasteiger partial charge in [0.1, 0.15) is 0 Å². The van der Waals surface area contributed by atoms with Gasteiger partial charge in [0.05, 0.1) is 11.8 Å². The van der Waals surface area contributed by atoms with Gasteiger partial charge in [-0.3, -0.25) is 14.2 Å². The van der Waals surface area contributed by atoms with Crippen LogP contribution in [0.1, 0.15) is 28.9 Å². The van der Waals surface area contributed by atoms with Crippen LogP contribution in [-0.2, 0) is 11.8 Å². The van der Waals surface area contributed by atoms with Crippen molar-refractivity contribution >= 4 is 5.91 Å². The predicted octanol–water partition coefficient (Wildman–Crippen LogP) is 0.148. The third-order valence-corrected chi connectivity index (χ3v) is 4.18. The minimum absolute atomic E-state index is 0.0456. The summed E-state index contributed by atoms with van der Waals surface area (Å²) in [5.74, 6) is -0.614. The molecule has 2 heterocycles. The third kappa shape index (κ3) is 3.53. The molecule has 1 amide bonds. The molecule has 2 aromatic rings. The molecule has 132 valence electrons. The zero-order valence-electron chi connectivity index (χ0n) is 14.2. The van der Waals surface area contributed by atoms with Gasteiger partial charge < -0.3 is 10.1 Å². The van der Waals surface area contributed by atoms with Gasteiger partial charge in [0, 0.05) is 20.2 Å². The standard InChI is InChI=1S/C17H20N4O4/c1-11-5-7-12(8-6-11)21-17(24)20(2)16(23)14(19-21)15(22)18-10-13-4-3-9-25-13/h5-8,13H,3-4,9-10H2,1-2H3,(H,18,22)/t13-/m1/s1. The Balaban J connectivity index is 1.93. The second kappa shape index (κ2) is 7.02. The Morgan fingerprint density at radius 1 is 1.32 bits per heavy atom. The van der Waals surface area contributed by atoms with Gasteiger partial charge in [-0.15, -0.1) is 0 Å². The maximum absolute atomic E-state index is 12.4. The van der Waals surface area contributed by atoms with Gasteiger partial charge in [-0.1, -0.05) is 17.7 Å². The molecule has 8 nitrogen and oxygen atoms in total. The van der Waals surface area contributed by atoms with Crippen LogP contribution in [0.5, 0.6) is 0 Å². The average Bonchev–Trinajstić information content (AvgIpc) is 3.12. The van der Waals surface area contributed by atoms with Gasteiger partial charge in [-0.05, 0) is 31.9 Å². The maximum atomic E-state index is 12.4. The second-order valence-electron chi connectivity index (χ2n) is 6.09. The van der Waals surface area contributed by atoms with E-state index >= 15 is 0 Å². The zero-order valence-corrected chi connectivity index (χ0v) is 14.2. The molecule has 0 aliphatic carbocycles. The Labute approximate surface area is 144 Å². The first-order chi connectivity index (χ1) is 12.0. The Morgan fingerprint density at radius 2 is 2.04 bits per heavy atom. The first-order valence-electron chi connectivity index (χ1n) is 8.14. The highest BCUT2D eigenvalue weighted by Crippen LogP contribution is 2.10. The van der Waals surface area contributed by atoms with E-state index in [1.54, 1.807) is 12.1 Å². The van der Waals surface area contributed by atoms with Crippen LogP contribution < -0.4 is 16.6 Å². The second-order valence-corrected chi connectivity index (χ2v) is 6.09. The fourth-order valence-corrected chi connectivity index (χ4v) is 2.67. The zero-order chi connectivity index (χ0) is 18.0. The van der Waals surface area contributed by atoms with Crippen molar-refractivity contribution in [1.29, 1.82) is 0 Å². The number of aryl methyl sites for hydroxylation is 1. The SMILES string of the molecule is Cc1ccc(-n2nc(C(=O)NC[C@H]3CCCO3)c(=O)n(C)c2=O)cc1. The van der Waals surface area contributed by atoms with Gasteiger partial charge in [0.25, 0.3) is 11.5 Å². The van der Waals surface area contributed by atoms with E-state index in [4.69, 9.17) is 4.74 Å². The smallest absolute Gasteiger partial charge is 0.351 e. The van der Waals surface area contributed by atoms with E-state index in [2.05, 4.69) is 10.4 Å². The number of hydrogen-bond acceptors (Lipinski definition) is 5. The van der Waals surface area contributed by atoms with Crippen LogP contribution >= 0.6 is 0 Å². The lowest BCUT2D eigenvalue weighted by atomic mass is 10.2. The Kier molecular flexibility index (Phi) is 4.80. The number of rotatable bonds is 4. The molecule has 0 radical (unpaired) electrons. The predicted molar refractivity (Wildman–Crippen MR) is 91.1 cm³/mol. The fraction of sp³-hybridized carbons (Fsp3) is 0.412. The first kappa shape index (κ1) is 17.1. The van der Waals surface area contributed by atoms with E-state index < -0.39 is 17.2 Å². The van der Waals surface area contributed by atoms with E-state index in [-0.39, 0.29) is 11.8 Å². The Morgan fingerprint density at radius 3 is 2.68 bits per heavy atom. The van der Waals surface area contributed by atoms with Crippen LogP contribution in [0.15, 0.2) is 33.9 Å². The van der Waals surface area contributed by atoms with E-state index in [1.807, 2.05) is 19.1 Å². The summed E-state index contributed by atoms with van der Waals surface area (Å²) in [7, 11) is 1.33. The summed E-state index contributed by atoms with van der Waals surface area (Å²) in [5, 5.41) is 6.66. The van der Waals surface area contributed by atoms with Crippen molar-refractivity contribution in [2.45, 2.75) is 25.9 Å². The van der Waals surface area contributed by atoms with Crippen LogP contribution in [0.25, 0.3) is 5.69 Å². The fourth-order valence-electron chi connectivity index (χ4n) is 2.67. The quantitative estimate of drug-likeness (QED) is 0.852. The van der Waals surface area contributed by atoms with Gasteiger partial charge in [0.2, 0.25) is 5.69 Å². The van der Waals surface area contributed by atoms with Crippen LogP contribution in [-0.4, -0.2) is 39.5 Å². The van der Waals surface area contributed by atoms with Crippen LogP contribution in [0.4, 0.5) is 0 Å². The first-order valence-corrected chi connectivity index (χ1v) is 8.14. The topological polar surface area (TPSA) is 95.2 Å². The molecule has 0 unspecified atom stereocenters. The summed E-state index contributed by atoms with van der Waals surface area (Å²) in [5.41, 5.74) is -0.140. The lowest BCUT2D eigenvalue weighted by molar-refractivity contribution is 0.0850. The number of benzene rings is 1. The molecular weight excluding hydrogens is 324 g/mol. The minimum atomic E-state index is -0.724. The molecule has 0 bridgehead atoms. The monoisotopic (exact) mass is 344 g/mol. The number of amides is 1. The lowest BCUT2D eigenvalue weighted by Crippen LogP contribution is -2.45. The lowest BCUT2D eigenvalue weighted by Gasteiger charge is -2.12. The van der Waals surface area contributed by atoms with Crippen LogP contribution in [0.3, 0.4) is 0 Å². The summed E-state index contributed by atoms with van der Waals surface area (Å²) in [6.07, 6.45) is 1.78. The molecule has 1 aromatic carbocycles. The normalized spacial score (nSPS) is 16.8. The van der Waals surface area contributed by atoms with E-state index in [0.29, 0.717) is 18.8 Å². The number of carbonyl (C=O) groups excluding carboxylic acids is 1. The van der Waals surface area contributed by atoms with E-state index in [0.717, 1.165) is 27.7 Å². The van der Waals surface area contributed by atoms with E-state index in [9.17, 15) is 14.4 Å². The molecule has 0 saturated carbocycles. The molecule has 8 heteroatoms. The maximum Gasteiger partial charge on any atom is 0.351 e. The summed E-state index contributed by atoms with van der Waals surface area (Å²) in [6, 6.07) is 7.07. The number of aromatic nitrogens is 3. The largest absolute Gasteiger partial charge is 0.376 e. The summed E-state index contributed by atoms with van der Waals surface area (Å²) in [6.45, 7) is 2.91. The average molecular weight is 344 g/mol. The van der Waals surface area contributed by atoms with Crippen molar-refractivity contribution in [1.82, 2.24) is 19.7 Å². The molecule has 1 fully saturated rings. The summed E-state index contributed by atoms with van der Waals surface area (Å²) in [4.78, 5) is 37.0. The van der Waals surface area contributed by atoms with Crippen molar-refractivity contribution in [3.8, 4) is 5.69 Å². The van der Waals surface area contributed by atoms with Gasteiger partial charge in [-0.2, -0.15) is 9.78 Å². The molecule has 1 N–H and O–H groups in total. The van der Waals surface area contributed by atoms with Gasteiger partial charge in [-0.25, -0.2) is 4.79 Å². The molecule has 1 aromatic heterocycles. The number of carbonyl (C=O) groups is 1. The highest BCUT2D eigenvalue weighted by atomic mass is 16.5. The van der Waals surface area contributed by atoms with Crippen LogP contribution in [0.2, 0.25) is 0 Å². The number of nitrogens with zero attached hydrogens (tertiary/aromatic N) is 3. The minimum Gasteiger partial charge on any atom is -0.376 e. The molecular formula is C17H20N4O4. The third-order valence-electron chi connectivity index (χ3n) is 4.18. The highest BCUT2D eigenvalue weighted by molar-refractivity contribution is 5.91. The summed E-state index contributed by atoms with van der Waals surface area (Å²) >= 11 is 0. The van der Waals surface area contributed by atoms with Gasteiger partial charge >= 0.3 is 5.69 Å². The molecule has 1 saturated heterocycles. The van der Waals surface area contributed by atoms with Crippen molar-refractivity contribution in [2.75, 3.05) is 13.2 Å². The van der Waals surface area contributed by atoms with Crippen molar-refractivity contribution in [2.24, 2.45) is 7.05 Å². The molecule has 3 rings (SSSR count). The number of hydrogen-bond donors (Lipinski definition) is 1. The molecule has 1 aliphatic heterocycles.